The van der Waals surface area contributed by atoms with Gasteiger partial charge < -0.3 is 19.5 Å². The highest BCUT2D eigenvalue weighted by Gasteiger charge is 2.09. The third kappa shape index (κ3) is 8.47. The van der Waals surface area contributed by atoms with Crippen LogP contribution in [0.5, 0.6) is 11.5 Å². The number of ether oxygens (including phenoxy) is 3. The first-order chi connectivity index (χ1) is 15.4. The van der Waals surface area contributed by atoms with Gasteiger partial charge >= 0.3 is 5.97 Å². The summed E-state index contributed by atoms with van der Waals surface area (Å²) < 4.78 is 15.5. The summed E-state index contributed by atoms with van der Waals surface area (Å²) in [4.78, 5) is 35.3. The number of carbonyl (C=O) groups excluding carboxylic acids is 3. The number of amides is 2. The zero-order valence-electron chi connectivity index (χ0n) is 18.3. The van der Waals surface area contributed by atoms with Gasteiger partial charge in [0.1, 0.15) is 0 Å². The second-order valence-corrected chi connectivity index (χ2v) is 6.71. The van der Waals surface area contributed by atoms with Crippen LogP contribution in [0.15, 0.2) is 47.6 Å². The molecule has 9 nitrogen and oxygen atoms in total. The maximum Gasteiger partial charge on any atom is 0.344 e. The van der Waals surface area contributed by atoms with E-state index in [2.05, 4.69) is 15.8 Å². The molecule has 0 aliphatic rings. The summed E-state index contributed by atoms with van der Waals surface area (Å²) in [6.45, 7) is 3.72. The molecule has 0 unspecified atom stereocenters. The highest BCUT2D eigenvalue weighted by Crippen LogP contribution is 2.27. The van der Waals surface area contributed by atoms with Gasteiger partial charge in [-0.15, -0.1) is 0 Å². The Morgan fingerprint density at radius 1 is 1.00 bits per heavy atom. The Balaban J connectivity index is 1.79. The third-order valence-corrected chi connectivity index (χ3v) is 4.16. The topological polar surface area (TPSA) is 115 Å². The highest BCUT2D eigenvalue weighted by atomic mass is 16.6. The van der Waals surface area contributed by atoms with Crippen molar-refractivity contribution in [1.82, 2.24) is 5.43 Å². The first kappa shape index (κ1) is 24.4. The molecule has 0 saturated carbocycles. The Morgan fingerprint density at radius 3 is 2.41 bits per heavy atom. The Labute approximate surface area is 186 Å². The van der Waals surface area contributed by atoms with Crippen LogP contribution in [0.4, 0.5) is 5.69 Å². The van der Waals surface area contributed by atoms with Crippen molar-refractivity contribution in [3.8, 4) is 11.5 Å². The molecule has 0 fully saturated rings. The van der Waals surface area contributed by atoms with Crippen LogP contribution in [-0.4, -0.2) is 44.3 Å². The van der Waals surface area contributed by atoms with E-state index >= 15 is 0 Å². The molecule has 32 heavy (non-hydrogen) atoms. The number of esters is 1. The summed E-state index contributed by atoms with van der Waals surface area (Å²) in [5.74, 6) is -0.341. The lowest BCUT2D eigenvalue weighted by Gasteiger charge is -2.10. The summed E-state index contributed by atoms with van der Waals surface area (Å²) in [7, 11) is 1.47. The first-order valence-corrected chi connectivity index (χ1v) is 10.1. The molecule has 170 valence electrons. The van der Waals surface area contributed by atoms with Crippen LogP contribution in [-0.2, 0) is 19.1 Å². The fraction of sp³-hybridized carbons (Fsp3) is 0.304. The van der Waals surface area contributed by atoms with Gasteiger partial charge in [-0.1, -0.05) is 17.7 Å². The lowest BCUT2D eigenvalue weighted by Crippen LogP contribution is -2.20. The number of nitrogens with one attached hydrogen (secondary N) is 2. The molecule has 2 N–H and O–H groups in total. The van der Waals surface area contributed by atoms with Crippen LogP contribution in [0.3, 0.4) is 0 Å². The average molecular weight is 441 g/mol. The second-order valence-electron chi connectivity index (χ2n) is 6.71. The molecule has 2 aromatic carbocycles. The number of anilines is 1. The number of nitrogens with zero attached hydrogens (tertiary/aromatic N) is 1. The standard InChI is InChI=1S/C23H27N3O6/c1-4-31-23(29)15-32-19-10-7-17(13-20(19)30-3)14-24-26-22(28)12-11-21(27)25-18-8-5-16(2)6-9-18/h5-10,13-14H,4,11-12,15H2,1-3H3,(H,25,27)(H,26,28). The minimum Gasteiger partial charge on any atom is -0.493 e. The quantitative estimate of drug-likeness (QED) is 0.315. The van der Waals surface area contributed by atoms with Crippen molar-refractivity contribution < 1.29 is 28.6 Å². The number of hydrogen-bond donors (Lipinski definition) is 2. The monoisotopic (exact) mass is 441 g/mol. The molecule has 0 heterocycles. The Bertz CT molecular complexity index is 957. The van der Waals surface area contributed by atoms with Crippen LogP contribution in [0, 0.1) is 6.92 Å². The van der Waals surface area contributed by atoms with Crippen LogP contribution in [0.25, 0.3) is 0 Å². The van der Waals surface area contributed by atoms with Gasteiger partial charge in [0.25, 0.3) is 0 Å². The second kappa shape index (κ2) is 12.7. The molecule has 0 radical (unpaired) electrons. The first-order valence-electron chi connectivity index (χ1n) is 10.1. The summed E-state index contributed by atoms with van der Waals surface area (Å²) in [5, 5.41) is 6.63. The van der Waals surface area contributed by atoms with E-state index in [1.807, 2.05) is 19.1 Å². The van der Waals surface area contributed by atoms with Crippen molar-refractivity contribution in [1.29, 1.82) is 0 Å². The highest BCUT2D eigenvalue weighted by molar-refractivity contribution is 5.93. The predicted molar refractivity (Wildman–Crippen MR) is 120 cm³/mol. The van der Waals surface area contributed by atoms with E-state index in [-0.39, 0.29) is 37.9 Å². The number of aryl methyl sites for hydroxylation is 1. The lowest BCUT2D eigenvalue weighted by molar-refractivity contribution is -0.145. The van der Waals surface area contributed by atoms with Crippen molar-refractivity contribution in [2.45, 2.75) is 26.7 Å². The van der Waals surface area contributed by atoms with Crippen LogP contribution >= 0.6 is 0 Å². The number of carbonyl (C=O) groups is 3. The van der Waals surface area contributed by atoms with Gasteiger partial charge in [0.2, 0.25) is 11.8 Å². The van der Waals surface area contributed by atoms with Crippen molar-refractivity contribution in [2.75, 3.05) is 25.6 Å². The fourth-order valence-corrected chi connectivity index (χ4v) is 2.55. The normalized spacial score (nSPS) is 10.5. The maximum atomic E-state index is 11.9. The fourth-order valence-electron chi connectivity index (χ4n) is 2.55. The van der Waals surface area contributed by atoms with Crippen molar-refractivity contribution in [2.24, 2.45) is 5.10 Å². The van der Waals surface area contributed by atoms with E-state index in [0.29, 0.717) is 22.7 Å². The SMILES string of the molecule is CCOC(=O)COc1ccc(C=NNC(=O)CCC(=O)Nc2ccc(C)cc2)cc1OC. The number of hydrazone groups is 1. The number of rotatable bonds is 11. The largest absolute Gasteiger partial charge is 0.493 e. The van der Waals surface area contributed by atoms with Crippen LogP contribution in [0.2, 0.25) is 0 Å². The van der Waals surface area contributed by atoms with E-state index in [0.717, 1.165) is 5.56 Å². The number of benzene rings is 2. The third-order valence-electron chi connectivity index (χ3n) is 4.16. The Morgan fingerprint density at radius 2 is 1.72 bits per heavy atom. The molecule has 0 spiro atoms. The van der Waals surface area contributed by atoms with Gasteiger partial charge in [-0.05, 0) is 49.7 Å². The molecule has 2 amide bonds. The van der Waals surface area contributed by atoms with Crippen LogP contribution < -0.4 is 20.2 Å². The predicted octanol–water partition coefficient (Wildman–Crippen LogP) is 2.81. The minimum atomic E-state index is -0.476. The molecule has 0 saturated heterocycles. The zero-order valence-corrected chi connectivity index (χ0v) is 18.3. The van der Waals surface area contributed by atoms with Gasteiger partial charge in [0.05, 0.1) is 19.9 Å². The van der Waals surface area contributed by atoms with Gasteiger partial charge in [-0.3, -0.25) is 9.59 Å². The summed E-state index contributed by atoms with van der Waals surface area (Å²) in [5.41, 5.74) is 4.80. The Kier molecular flexibility index (Phi) is 9.70. The smallest absolute Gasteiger partial charge is 0.344 e. The van der Waals surface area contributed by atoms with E-state index in [1.54, 1.807) is 37.3 Å². The average Bonchev–Trinajstić information content (AvgIpc) is 2.78. The lowest BCUT2D eigenvalue weighted by atomic mass is 10.2. The van der Waals surface area contributed by atoms with E-state index in [4.69, 9.17) is 14.2 Å². The van der Waals surface area contributed by atoms with Gasteiger partial charge in [-0.25, -0.2) is 10.2 Å². The van der Waals surface area contributed by atoms with Crippen LogP contribution in [0.1, 0.15) is 30.9 Å². The summed E-state index contributed by atoms with van der Waals surface area (Å²) >= 11 is 0. The maximum absolute atomic E-state index is 11.9. The summed E-state index contributed by atoms with van der Waals surface area (Å²) in [6.07, 6.45) is 1.47. The molecular formula is C23H27N3O6. The number of methoxy groups -OCH3 is 1. The molecule has 2 aromatic rings. The molecule has 0 aromatic heterocycles. The summed E-state index contributed by atoms with van der Waals surface area (Å²) in [6, 6.07) is 12.4. The van der Waals surface area contributed by atoms with E-state index in [9.17, 15) is 14.4 Å². The molecular weight excluding hydrogens is 414 g/mol. The molecule has 0 bridgehead atoms. The number of hydrogen-bond acceptors (Lipinski definition) is 7. The van der Waals surface area contributed by atoms with Gasteiger partial charge in [0.15, 0.2) is 18.1 Å². The molecule has 0 aliphatic heterocycles. The van der Waals surface area contributed by atoms with Crippen molar-refractivity contribution in [3.63, 3.8) is 0 Å². The minimum absolute atomic E-state index is 0.000999. The van der Waals surface area contributed by atoms with Gasteiger partial charge in [0, 0.05) is 18.5 Å². The Hall–Kier alpha value is -3.88. The molecule has 0 atom stereocenters. The van der Waals surface area contributed by atoms with Crippen molar-refractivity contribution >= 4 is 29.7 Å². The zero-order chi connectivity index (χ0) is 23.3. The van der Waals surface area contributed by atoms with Gasteiger partial charge in [-0.2, -0.15) is 5.10 Å². The van der Waals surface area contributed by atoms with E-state index < -0.39 is 5.97 Å². The molecule has 9 heteroatoms. The van der Waals surface area contributed by atoms with E-state index in [1.165, 1.54) is 13.3 Å². The molecule has 2 rings (SSSR count). The molecule has 0 aliphatic carbocycles. The van der Waals surface area contributed by atoms with Crippen molar-refractivity contribution in [3.05, 3.63) is 53.6 Å².